The van der Waals surface area contributed by atoms with Crippen molar-refractivity contribution < 1.29 is 4.79 Å². The third-order valence-corrected chi connectivity index (χ3v) is 3.04. The number of nitriles is 1. The topological polar surface area (TPSA) is 52.9 Å². The van der Waals surface area contributed by atoms with Crippen molar-refractivity contribution in [3.8, 4) is 6.07 Å². The summed E-state index contributed by atoms with van der Waals surface area (Å²) in [7, 11) is 0. The van der Waals surface area contributed by atoms with Gasteiger partial charge in [-0.05, 0) is 43.2 Å². The Bertz CT molecular complexity index is 612. The van der Waals surface area contributed by atoms with Crippen LogP contribution in [-0.2, 0) is 6.42 Å². The van der Waals surface area contributed by atoms with Gasteiger partial charge in [0.25, 0.3) is 5.91 Å². The number of nitrogens with zero attached hydrogens (tertiary/aromatic N) is 1. The van der Waals surface area contributed by atoms with E-state index in [1.54, 1.807) is 24.3 Å². The second kappa shape index (κ2) is 6.53. The molecule has 0 fully saturated rings. The zero-order valence-electron chi connectivity index (χ0n) is 11.3. The fraction of sp³-hybridized carbons (Fsp3) is 0.176. The van der Waals surface area contributed by atoms with Crippen molar-refractivity contribution in [1.29, 1.82) is 5.26 Å². The maximum absolute atomic E-state index is 12.1. The van der Waals surface area contributed by atoms with Crippen LogP contribution in [0.2, 0.25) is 0 Å². The van der Waals surface area contributed by atoms with E-state index in [1.807, 2.05) is 43.3 Å². The summed E-state index contributed by atoms with van der Waals surface area (Å²) in [6, 6.07) is 18.8. The SMILES string of the molecule is CC(Cc1ccccc1)NC(=O)c1ccc(C#N)cc1. The molecule has 0 heterocycles. The molecule has 0 bridgehead atoms. The Hall–Kier alpha value is -2.60. The highest BCUT2D eigenvalue weighted by molar-refractivity contribution is 5.94. The molecule has 100 valence electrons. The number of amides is 1. The van der Waals surface area contributed by atoms with E-state index in [4.69, 9.17) is 5.26 Å². The number of hydrogen-bond donors (Lipinski definition) is 1. The van der Waals surface area contributed by atoms with Gasteiger partial charge in [-0.3, -0.25) is 4.79 Å². The van der Waals surface area contributed by atoms with Crippen LogP contribution in [0, 0.1) is 11.3 Å². The predicted molar refractivity (Wildman–Crippen MR) is 78.2 cm³/mol. The van der Waals surface area contributed by atoms with Gasteiger partial charge in [0.15, 0.2) is 0 Å². The quantitative estimate of drug-likeness (QED) is 0.923. The monoisotopic (exact) mass is 264 g/mol. The van der Waals surface area contributed by atoms with Crippen LogP contribution in [0.1, 0.15) is 28.4 Å². The molecular weight excluding hydrogens is 248 g/mol. The minimum atomic E-state index is -0.113. The molecule has 0 aliphatic carbocycles. The molecule has 3 nitrogen and oxygen atoms in total. The first-order valence-corrected chi connectivity index (χ1v) is 6.54. The molecule has 0 saturated heterocycles. The van der Waals surface area contributed by atoms with Crippen molar-refractivity contribution in [3.63, 3.8) is 0 Å². The third kappa shape index (κ3) is 3.69. The van der Waals surface area contributed by atoms with Crippen LogP contribution >= 0.6 is 0 Å². The van der Waals surface area contributed by atoms with Crippen LogP contribution < -0.4 is 5.32 Å². The van der Waals surface area contributed by atoms with E-state index >= 15 is 0 Å². The summed E-state index contributed by atoms with van der Waals surface area (Å²) in [4.78, 5) is 12.1. The van der Waals surface area contributed by atoms with E-state index < -0.39 is 0 Å². The zero-order chi connectivity index (χ0) is 14.4. The molecule has 2 aromatic carbocycles. The highest BCUT2D eigenvalue weighted by Gasteiger charge is 2.10. The van der Waals surface area contributed by atoms with Crippen LogP contribution in [0.4, 0.5) is 0 Å². The number of carbonyl (C=O) groups excluding carboxylic acids is 1. The van der Waals surface area contributed by atoms with Crippen molar-refractivity contribution in [2.75, 3.05) is 0 Å². The second-order valence-electron chi connectivity index (χ2n) is 4.75. The van der Waals surface area contributed by atoms with Crippen molar-refractivity contribution in [3.05, 3.63) is 71.3 Å². The van der Waals surface area contributed by atoms with Crippen LogP contribution in [0.3, 0.4) is 0 Å². The van der Waals surface area contributed by atoms with Crippen molar-refractivity contribution in [2.45, 2.75) is 19.4 Å². The average Bonchev–Trinajstić information content (AvgIpc) is 2.48. The first-order chi connectivity index (χ1) is 9.69. The fourth-order valence-electron chi connectivity index (χ4n) is 2.02. The Kier molecular flexibility index (Phi) is 4.52. The molecule has 1 unspecified atom stereocenters. The van der Waals surface area contributed by atoms with Gasteiger partial charge in [0.1, 0.15) is 0 Å². The molecule has 0 aromatic heterocycles. The van der Waals surface area contributed by atoms with Gasteiger partial charge in [-0.1, -0.05) is 30.3 Å². The third-order valence-electron chi connectivity index (χ3n) is 3.04. The fourth-order valence-corrected chi connectivity index (χ4v) is 2.02. The number of benzene rings is 2. The predicted octanol–water partition coefficient (Wildman–Crippen LogP) is 2.92. The molecule has 2 rings (SSSR count). The lowest BCUT2D eigenvalue weighted by Crippen LogP contribution is -2.34. The number of carbonyl (C=O) groups is 1. The van der Waals surface area contributed by atoms with Gasteiger partial charge in [-0.25, -0.2) is 0 Å². The Morgan fingerprint density at radius 2 is 1.80 bits per heavy atom. The Morgan fingerprint density at radius 1 is 1.15 bits per heavy atom. The summed E-state index contributed by atoms with van der Waals surface area (Å²) in [5.41, 5.74) is 2.32. The van der Waals surface area contributed by atoms with Gasteiger partial charge < -0.3 is 5.32 Å². The lowest BCUT2D eigenvalue weighted by atomic mass is 10.1. The molecule has 0 radical (unpaired) electrons. The first kappa shape index (κ1) is 13.8. The number of hydrogen-bond acceptors (Lipinski definition) is 2. The lowest BCUT2D eigenvalue weighted by Gasteiger charge is -2.14. The Morgan fingerprint density at radius 3 is 2.40 bits per heavy atom. The van der Waals surface area contributed by atoms with Gasteiger partial charge in [0.2, 0.25) is 0 Å². The highest BCUT2D eigenvalue weighted by Crippen LogP contribution is 2.06. The standard InChI is InChI=1S/C17H16N2O/c1-13(11-14-5-3-2-4-6-14)19-17(20)16-9-7-15(12-18)8-10-16/h2-10,13H,11H2,1H3,(H,19,20). The molecule has 20 heavy (non-hydrogen) atoms. The first-order valence-electron chi connectivity index (χ1n) is 6.54. The molecular formula is C17H16N2O. The summed E-state index contributed by atoms with van der Waals surface area (Å²) in [5.74, 6) is -0.113. The average molecular weight is 264 g/mol. The Labute approximate surface area is 118 Å². The van der Waals surface area contributed by atoms with Gasteiger partial charge in [0.05, 0.1) is 11.6 Å². The molecule has 1 amide bonds. The molecule has 0 aliphatic heterocycles. The molecule has 0 saturated carbocycles. The molecule has 1 N–H and O–H groups in total. The van der Waals surface area contributed by atoms with E-state index in [0.29, 0.717) is 11.1 Å². The minimum Gasteiger partial charge on any atom is -0.349 e. The van der Waals surface area contributed by atoms with E-state index in [1.165, 1.54) is 5.56 Å². The summed E-state index contributed by atoms with van der Waals surface area (Å²) < 4.78 is 0. The van der Waals surface area contributed by atoms with Gasteiger partial charge in [-0.15, -0.1) is 0 Å². The van der Waals surface area contributed by atoms with Gasteiger partial charge >= 0.3 is 0 Å². The van der Waals surface area contributed by atoms with Crippen LogP contribution in [0.25, 0.3) is 0 Å². The maximum Gasteiger partial charge on any atom is 0.251 e. The highest BCUT2D eigenvalue weighted by atomic mass is 16.1. The van der Waals surface area contributed by atoms with Crippen molar-refractivity contribution in [2.24, 2.45) is 0 Å². The molecule has 0 aliphatic rings. The molecule has 1 atom stereocenters. The Balaban J connectivity index is 1.95. The van der Waals surface area contributed by atoms with Crippen LogP contribution in [0.15, 0.2) is 54.6 Å². The molecule has 3 heteroatoms. The zero-order valence-corrected chi connectivity index (χ0v) is 11.3. The van der Waals surface area contributed by atoms with E-state index in [-0.39, 0.29) is 11.9 Å². The summed E-state index contributed by atoms with van der Waals surface area (Å²) in [6.07, 6.45) is 0.795. The van der Waals surface area contributed by atoms with Crippen LogP contribution in [-0.4, -0.2) is 11.9 Å². The number of nitrogens with one attached hydrogen (secondary N) is 1. The summed E-state index contributed by atoms with van der Waals surface area (Å²) in [6.45, 7) is 1.98. The largest absolute Gasteiger partial charge is 0.349 e. The molecule has 2 aromatic rings. The second-order valence-corrected chi connectivity index (χ2v) is 4.75. The van der Waals surface area contributed by atoms with E-state index in [0.717, 1.165) is 6.42 Å². The number of rotatable bonds is 4. The summed E-state index contributed by atoms with van der Waals surface area (Å²) >= 11 is 0. The van der Waals surface area contributed by atoms with Crippen LogP contribution in [0.5, 0.6) is 0 Å². The van der Waals surface area contributed by atoms with Crippen molar-refractivity contribution in [1.82, 2.24) is 5.32 Å². The van der Waals surface area contributed by atoms with E-state index in [9.17, 15) is 4.79 Å². The minimum absolute atomic E-state index is 0.0561. The lowest BCUT2D eigenvalue weighted by molar-refractivity contribution is 0.0940. The van der Waals surface area contributed by atoms with Gasteiger partial charge in [0, 0.05) is 11.6 Å². The summed E-state index contributed by atoms with van der Waals surface area (Å²) in [5, 5.41) is 11.7. The maximum atomic E-state index is 12.1. The van der Waals surface area contributed by atoms with E-state index in [2.05, 4.69) is 5.32 Å². The van der Waals surface area contributed by atoms with Gasteiger partial charge in [-0.2, -0.15) is 5.26 Å². The smallest absolute Gasteiger partial charge is 0.251 e. The molecule has 0 spiro atoms. The normalized spacial score (nSPS) is 11.4. The van der Waals surface area contributed by atoms with Crippen molar-refractivity contribution >= 4 is 5.91 Å².